The summed E-state index contributed by atoms with van der Waals surface area (Å²) in [7, 11) is 1.79. The number of rotatable bonds is 3. The van der Waals surface area contributed by atoms with Gasteiger partial charge in [-0.3, -0.25) is 9.48 Å². The molecule has 1 N–H and O–H groups in total. The first-order valence-corrected chi connectivity index (χ1v) is 8.58. The molecule has 1 amide bonds. The van der Waals surface area contributed by atoms with Crippen molar-refractivity contribution >= 4 is 11.5 Å². The maximum Gasteiger partial charge on any atom is 0.275 e. The van der Waals surface area contributed by atoms with Crippen molar-refractivity contribution < 1.29 is 4.79 Å². The van der Waals surface area contributed by atoms with Gasteiger partial charge in [-0.05, 0) is 32.4 Å². The van der Waals surface area contributed by atoms with Crippen LogP contribution in [0.2, 0.25) is 0 Å². The molecule has 1 aromatic carbocycles. The molecule has 1 aromatic heterocycles. The number of hydrogen-bond acceptors (Lipinski definition) is 3. The quantitative estimate of drug-likeness (QED) is 0.849. The number of amides is 1. The smallest absolute Gasteiger partial charge is 0.275 e. The molecule has 0 aliphatic carbocycles. The lowest BCUT2D eigenvalue weighted by Crippen LogP contribution is -2.31. The Morgan fingerprint density at radius 2 is 1.69 bits per heavy atom. The van der Waals surface area contributed by atoms with Crippen molar-refractivity contribution in [1.29, 1.82) is 5.26 Å². The van der Waals surface area contributed by atoms with Gasteiger partial charge >= 0.3 is 0 Å². The van der Waals surface area contributed by atoms with E-state index in [-0.39, 0.29) is 5.91 Å². The fourth-order valence-corrected chi connectivity index (χ4v) is 2.86. The summed E-state index contributed by atoms with van der Waals surface area (Å²) in [6.45, 7) is 11.8. The van der Waals surface area contributed by atoms with E-state index in [1.165, 1.54) is 0 Å². The van der Waals surface area contributed by atoms with E-state index in [2.05, 4.69) is 22.6 Å². The Morgan fingerprint density at radius 1 is 1.12 bits per heavy atom. The molecule has 0 aliphatic heterocycles. The van der Waals surface area contributed by atoms with Crippen LogP contribution in [0.3, 0.4) is 0 Å². The van der Waals surface area contributed by atoms with Crippen LogP contribution >= 0.6 is 0 Å². The average molecular weight is 350 g/mol. The van der Waals surface area contributed by atoms with Crippen molar-refractivity contribution in [2.24, 2.45) is 12.5 Å². The monoisotopic (exact) mass is 350 g/mol. The normalized spacial score (nSPS) is 12.4. The summed E-state index contributed by atoms with van der Waals surface area (Å²) in [6.07, 6.45) is 0. The Balaban J connectivity index is 2.56. The summed E-state index contributed by atoms with van der Waals surface area (Å²) in [5.74, 6) is -0.309. The van der Waals surface area contributed by atoms with Gasteiger partial charge in [-0.25, -0.2) is 0 Å². The molecule has 0 fully saturated rings. The first-order chi connectivity index (χ1) is 12.0. The van der Waals surface area contributed by atoms with Crippen LogP contribution in [0.15, 0.2) is 30.0 Å². The van der Waals surface area contributed by atoms with Crippen molar-refractivity contribution in [3.63, 3.8) is 0 Å². The van der Waals surface area contributed by atoms with Gasteiger partial charge in [0.2, 0.25) is 0 Å². The number of allylic oxidation sites excluding steroid dienone is 2. The predicted octanol–water partition coefficient (Wildman–Crippen LogP) is 4.06. The maximum absolute atomic E-state index is 12.7. The van der Waals surface area contributed by atoms with Gasteiger partial charge in [0.05, 0.1) is 5.57 Å². The molecule has 5 heteroatoms. The number of nitrogens with zero attached hydrogens (tertiary/aromatic N) is 3. The molecule has 5 nitrogen and oxygen atoms in total. The molecule has 1 heterocycles. The van der Waals surface area contributed by atoms with E-state index in [1.54, 1.807) is 17.8 Å². The van der Waals surface area contributed by atoms with Gasteiger partial charge < -0.3 is 5.32 Å². The molecule has 0 saturated carbocycles. The van der Waals surface area contributed by atoms with Gasteiger partial charge in [-0.2, -0.15) is 10.4 Å². The number of carbonyl (C=O) groups excluding carboxylic acids is 1. The molecule has 0 bridgehead atoms. The van der Waals surface area contributed by atoms with Crippen LogP contribution in [0.5, 0.6) is 0 Å². The predicted molar refractivity (Wildman–Crippen MR) is 103 cm³/mol. The van der Waals surface area contributed by atoms with Crippen molar-refractivity contribution in [3.8, 4) is 6.07 Å². The Kier molecular flexibility index (Phi) is 5.36. The van der Waals surface area contributed by atoms with Crippen molar-refractivity contribution in [2.45, 2.75) is 41.5 Å². The Hall–Kier alpha value is -2.87. The van der Waals surface area contributed by atoms with E-state index in [9.17, 15) is 10.1 Å². The topological polar surface area (TPSA) is 70.7 Å². The molecule has 0 unspecified atom stereocenters. The van der Waals surface area contributed by atoms with Crippen LogP contribution < -0.4 is 5.32 Å². The number of aromatic nitrogens is 2. The van der Waals surface area contributed by atoms with E-state index in [0.717, 1.165) is 22.4 Å². The minimum atomic E-state index is -0.414. The second kappa shape index (κ2) is 7.17. The molecule has 0 spiro atoms. The third-order valence-corrected chi connectivity index (χ3v) is 4.21. The summed E-state index contributed by atoms with van der Waals surface area (Å²) in [5.41, 5.74) is 4.86. The van der Waals surface area contributed by atoms with Gasteiger partial charge in [0.15, 0.2) is 5.69 Å². The maximum atomic E-state index is 12.7. The number of carbonyl (C=O) groups is 1. The zero-order valence-electron chi connectivity index (χ0n) is 16.6. The second-order valence-electron chi connectivity index (χ2n) is 7.74. The van der Waals surface area contributed by atoms with E-state index < -0.39 is 5.41 Å². The molecule has 136 valence electrons. The van der Waals surface area contributed by atoms with Crippen LogP contribution in [0.25, 0.3) is 5.57 Å². The minimum Gasteiger partial charge on any atom is -0.322 e. The SMILES string of the molecule is Cc1cc(C)cc(/C(C#N)=C(\NC(=O)c2cc(C)n(C)n2)C(C)(C)C)c1. The summed E-state index contributed by atoms with van der Waals surface area (Å²) >= 11 is 0. The molecule has 0 atom stereocenters. The first-order valence-electron chi connectivity index (χ1n) is 8.58. The van der Waals surface area contributed by atoms with Crippen LogP contribution in [0.4, 0.5) is 0 Å². The Morgan fingerprint density at radius 3 is 2.12 bits per heavy atom. The number of hydrogen-bond donors (Lipinski definition) is 1. The third-order valence-electron chi connectivity index (χ3n) is 4.21. The summed E-state index contributed by atoms with van der Waals surface area (Å²) in [4.78, 5) is 12.7. The Bertz CT molecular complexity index is 881. The number of nitriles is 1. The van der Waals surface area contributed by atoms with Crippen molar-refractivity contribution in [1.82, 2.24) is 15.1 Å². The third kappa shape index (κ3) is 4.20. The molecular weight excluding hydrogens is 324 g/mol. The van der Waals surface area contributed by atoms with E-state index in [1.807, 2.05) is 53.7 Å². The highest BCUT2D eigenvalue weighted by Crippen LogP contribution is 2.31. The van der Waals surface area contributed by atoms with Gasteiger partial charge in [0.1, 0.15) is 6.07 Å². The van der Waals surface area contributed by atoms with Gasteiger partial charge in [-0.15, -0.1) is 0 Å². The second-order valence-corrected chi connectivity index (χ2v) is 7.74. The fraction of sp³-hybridized carbons (Fsp3) is 0.381. The fourth-order valence-electron chi connectivity index (χ4n) is 2.86. The molecule has 0 aliphatic rings. The van der Waals surface area contributed by atoms with Crippen LogP contribution in [0.1, 0.15) is 53.6 Å². The van der Waals surface area contributed by atoms with E-state index in [0.29, 0.717) is 17.0 Å². The molecule has 26 heavy (non-hydrogen) atoms. The average Bonchev–Trinajstić information content (AvgIpc) is 2.84. The standard InChI is InChI=1S/C21H26N4O/c1-13-8-14(2)10-16(9-13)17(12-22)19(21(4,5)6)23-20(26)18-11-15(3)25(7)24-18/h8-11H,1-7H3,(H,23,26)/b19-17-. The van der Waals surface area contributed by atoms with E-state index in [4.69, 9.17) is 0 Å². The highest BCUT2D eigenvalue weighted by molar-refractivity contribution is 5.95. The van der Waals surface area contributed by atoms with Crippen molar-refractivity contribution in [2.75, 3.05) is 0 Å². The van der Waals surface area contributed by atoms with Gasteiger partial charge in [0.25, 0.3) is 5.91 Å². The zero-order chi connectivity index (χ0) is 19.6. The van der Waals surface area contributed by atoms with E-state index >= 15 is 0 Å². The number of aryl methyl sites for hydroxylation is 4. The lowest BCUT2D eigenvalue weighted by atomic mass is 9.86. The highest BCUT2D eigenvalue weighted by atomic mass is 16.2. The molecule has 2 rings (SSSR count). The Labute approximate surface area is 155 Å². The summed E-state index contributed by atoms with van der Waals surface area (Å²) < 4.78 is 1.66. The lowest BCUT2D eigenvalue weighted by Gasteiger charge is -2.25. The largest absolute Gasteiger partial charge is 0.322 e. The van der Waals surface area contributed by atoms with Crippen LogP contribution in [0, 0.1) is 37.5 Å². The molecule has 0 radical (unpaired) electrons. The molecular formula is C21H26N4O. The van der Waals surface area contributed by atoms with Crippen LogP contribution in [-0.2, 0) is 7.05 Å². The summed E-state index contributed by atoms with van der Waals surface area (Å²) in [6, 6.07) is 10.0. The molecule has 0 saturated heterocycles. The zero-order valence-corrected chi connectivity index (χ0v) is 16.6. The minimum absolute atomic E-state index is 0.309. The lowest BCUT2D eigenvalue weighted by molar-refractivity contribution is 0.0952. The highest BCUT2D eigenvalue weighted by Gasteiger charge is 2.26. The van der Waals surface area contributed by atoms with Gasteiger partial charge in [-0.1, -0.05) is 50.1 Å². The molecule has 2 aromatic rings. The number of benzene rings is 1. The van der Waals surface area contributed by atoms with Gasteiger partial charge in [0, 0.05) is 23.9 Å². The summed E-state index contributed by atoms with van der Waals surface area (Å²) in [5, 5.41) is 17.0. The number of nitrogens with one attached hydrogen (secondary N) is 1. The first kappa shape index (κ1) is 19.5. The van der Waals surface area contributed by atoms with Crippen molar-refractivity contribution in [3.05, 3.63) is 58.0 Å². The van der Waals surface area contributed by atoms with Crippen LogP contribution in [-0.4, -0.2) is 15.7 Å².